The Hall–Kier alpha value is -0.940. The molecule has 0 bridgehead atoms. The van der Waals surface area contributed by atoms with Crippen LogP contribution in [0.25, 0.3) is 0 Å². The molecule has 0 aliphatic rings. The standard InChI is InChI=1S/C14H10Br2F2O/c1-8-2-3-13(10(16)4-8)19-14-11(17)5-9(7-15)6-12(14)18/h2-6H,7H2,1H3. The zero-order valence-electron chi connectivity index (χ0n) is 10.0. The van der Waals surface area contributed by atoms with E-state index in [0.717, 1.165) is 5.56 Å². The first-order chi connectivity index (χ1) is 9.01. The smallest absolute Gasteiger partial charge is 0.198 e. The van der Waals surface area contributed by atoms with Gasteiger partial charge in [0.05, 0.1) is 4.47 Å². The zero-order chi connectivity index (χ0) is 14.0. The molecule has 0 fully saturated rings. The van der Waals surface area contributed by atoms with Crippen molar-refractivity contribution in [3.05, 3.63) is 57.6 Å². The van der Waals surface area contributed by atoms with Crippen molar-refractivity contribution in [2.24, 2.45) is 0 Å². The lowest BCUT2D eigenvalue weighted by Gasteiger charge is -2.11. The van der Waals surface area contributed by atoms with Crippen LogP contribution in [0.4, 0.5) is 8.78 Å². The fraction of sp³-hybridized carbons (Fsp3) is 0.143. The lowest BCUT2D eigenvalue weighted by atomic mass is 10.2. The molecule has 0 N–H and O–H groups in total. The van der Waals surface area contributed by atoms with Gasteiger partial charge in [0.1, 0.15) is 5.75 Å². The predicted molar refractivity (Wildman–Crippen MR) is 77.9 cm³/mol. The van der Waals surface area contributed by atoms with Crippen molar-refractivity contribution in [1.82, 2.24) is 0 Å². The number of aryl methyl sites for hydroxylation is 1. The summed E-state index contributed by atoms with van der Waals surface area (Å²) in [5.41, 5.74) is 1.54. The van der Waals surface area contributed by atoms with Gasteiger partial charge in [-0.2, -0.15) is 0 Å². The minimum atomic E-state index is -0.720. The van der Waals surface area contributed by atoms with Gasteiger partial charge >= 0.3 is 0 Å². The van der Waals surface area contributed by atoms with E-state index in [9.17, 15) is 8.78 Å². The number of ether oxygens (including phenoxy) is 1. The Balaban J connectivity index is 2.38. The SMILES string of the molecule is Cc1ccc(Oc2c(F)cc(CBr)cc2F)c(Br)c1. The van der Waals surface area contributed by atoms with Crippen molar-refractivity contribution >= 4 is 31.9 Å². The van der Waals surface area contributed by atoms with Crippen LogP contribution in [0, 0.1) is 18.6 Å². The fourth-order valence-electron chi connectivity index (χ4n) is 1.59. The van der Waals surface area contributed by atoms with Crippen LogP contribution in [0.5, 0.6) is 11.5 Å². The van der Waals surface area contributed by atoms with E-state index in [1.165, 1.54) is 12.1 Å². The van der Waals surface area contributed by atoms with Gasteiger partial charge < -0.3 is 4.74 Å². The highest BCUT2D eigenvalue weighted by Gasteiger charge is 2.14. The number of rotatable bonds is 3. The lowest BCUT2D eigenvalue weighted by molar-refractivity contribution is 0.405. The van der Waals surface area contributed by atoms with E-state index in [4.69, 9.17) is 4.74 Å². The van der Waals surface area contributed by atoms with E-state index in [1.807, 2.05) is 19.1 Å². The maximum Gasteiger partial charge on any atom is 0.198 e. The van der Waals surface area contributed by atoms with Crippen molar-refractivity contribution in [2.45, 2.75) is 12.3 Å². The van der Waals surface area contributed by atoms with Crippen LogP contribution in [0.1, 0.15) is 11.1 Å². The van der Waals surface area contributed by atoms with Gasteiger partial charge in [0.15, 0.2) is 17.4 Å². The molecule has 0 aromatic heterocycles. The number of benzene rings is 2. The molecular formula is C14H10Br2F2O. The van der Waals surface area contributed by atoms with Gasteiger partial charge in [0.2, 0.25) is 0 Å². The highest BCUT2D eigenvalue weighted by atomic mass is 79.9. The predicted octanol–water partition coefficient (Wildman–Crippen LogP) is 5.72. The molecular weight excluding hydrogens is 382 g/mol. The normalized spacial score (nSPS) is 10.6. The summed E-state index contributed by atoms with van der Waals surface area (Å²) in [7, 11) is 0. The van der Waals surface area contributed by atoms with Crippen LogP contribution in [-0.2, 0) is 5.33 Å². The van der Waals surface area contributed by atoms with E-state index < -0.39 is 17.4 Å². The van der Waals surface area contributed by atoms with Gasteiger partial charge in [0.25, 0.3) is 0 Å². The average molecular weight is 392 g/mol. The van der Waals surface area contributed by atoms with Crippen LogP contribution < -0.4 is 4.74 Å². The fourth-order valence-corrected chi connectivity index (χ4v) is 2.48. The first kappa shape index (κ1) is 14.5. The molecule has 100 valence electrons. The third-order valence-electron chi connectivity index (χ3n) is 2.51. The third kappa shape index (κ3) is 3.34. The Morgan fingerprint density at radius 1 is 1.11 bits per heavy atom. The van der Waals surface area contributed by atoms with Gasteiger partial charge in [0, 0.05) is 5.33 Å². The van der Waals surface area contributed by atoms with Gasteiger partial charge in [-0.05, 0) is 58.2 Å². The Labute approximate surface area is 126 Å². The Morgan fingerprint density at radius 2 is 1.74 bits per heavy atom. The largest absolute Gasteiger partial charge is 0.450 e. The van der Waals surface area contributed by atoms with E-state index in [2.05, 4.69) is 31.9 Å². The second-order valence-electron chi connectivity index (χ2n) is 4.06. The summed E-state index contributed by atoms with van der Waals surface area (Å²) in [6, 6.07) is 7.78. The molecule has 2 aromatic carbocycles. The maximum absolute atomic E-state index is 13.8. The molecule has 0 atom stereocenters. The summed E-state index contributed by atoms with van der Waals surface area (Å²) >= 11 is 6.46. The number of alkyl halides is 1. The van der Waals surface area contributed by atoms with Crippen LogP contribution in [-0.4, -0.2) is 0 Å². The van der Waals surface area contributed by atoms with Crippen molar-refractivity contribution in [2.75, 3.05) is 0 Å². The molecule has 5 heteroatoms. The van der Waals surface area contributed by atoms with E-state index in [0.29, 0.717) is 21.1 Å². The van der Waals surface area contributed by atoms with Crippen molar-refractivity contribution in [3.8, 4) is 11.5 Å². The summed E-state index contributed by atoms with van der Waals surface area (Å²) in [5, 5.41) is 0.384. The van der Waals surface area contributed by atoms with E-state index >= 15 is 0 Å². The number of hydrogen-bond donors (Lipinski definition) is 0. The molecule has 0 spiro atoms. The summed E-state index contributed by atoms with van der Waals surface area (Å²) in [6.07, 6.45) is 0. The van der Waals surface area contributed by atoms with Gasteiger partial charge in [-0.3, -0.25) is 0 Å². The van der Waals surface area contributed by atoms with Crippen LogP contribution in [0.15, 0.2) is 34.8 Å². The Bertz CT molecular complexity index is 591. The molecule has 0 saturated heterocycles. The molecule has 0 radical (unpaired) electrons. The van der Waals surface area contributed by atoms with E-state index in [-0.39, 0.29) is 0 Å². The third-order valence-corrected chi connectivity index (χ3v) is 3.78. The van der Waals surface area contributed by atoms with E-state index in [1.54, 1.807) is 6.07 Å². The summed E-state index contributed by atoms with van der Waals surface area (Å²) < 4.78 is 33.5. The molecule has 0 aliphatic heterocycles. The van der Waals surface area contributed by atoms with Crippen molar-refractivity contribution in [3.63, 3.8) is 0 Å². The van der Waals surface area contributed by atoms with Crippen LogP contribution in [0.2, 0.25) is 0 Å². The second-order valence-corrected chi connectivity index (χ2v) is 5.47. The van der Waals surface area contributed by atoms with Gasteiger partial charge in [-0.25, -0.2) is 8.78 Å². The Kier molecular flexibility index (Phi) is 4.58. The highest BCUT2D eigenvalue weighted by Crippen LogP contribution is 2.34. The average Bonchev–Trinajstić information content (AvgIpc) is 2.35. The lowest BCUT2D eigenvalue weighted by Crippen LogP contribution is -1.95. The summed E-state index contributed by atoms with van der Waals surface area (Å²) in [4.78, 5) is 0. The monoisotopic (exact) mass is 390 g/mol. The van der Waals surface area contributed by atoms with Gasteiger partial charge in [-0.1, -0.05) is 22.0 Å². The highest BCUT2D eigenvalue weighted by molar-refractivity contribution is 9.10. The zero-order valence-corrected chi connectivity index (χ0v) is 13.2. The van der Waals surface area contributed by atoms with Crippen molar-refractivity contribution in [1.29, 1.82) is 0 Å². The second kappa shape index (κ2) is 6.01. The van der Waals surface area contributed by atoms with Crippen molar-refractivity contribution < 1.29 is 13.5 Å². The quantitative estimate of drug-likeness (QED) is 0.607. The Morgan fingerprint density at radius 3 is 2.26 bits per heavy atom. The minimum Gasteiger partial charge on any atom is -0.450 e. The summed E-state index contributed by atoms with van der Waals surface area (Å²) in [6.45, 7) is 1.92. The molecule has 0 amide bonds. The molecule has 0 saturated carbocycles. The molecule has 19 heavy (non-hydrogen) atoms. The maximum atomic E-state index is 13.8. The minimum absolute atomic E-state index is 0.370. The topological polar surface area (TPSA) is 9.23 Å². The van der Waals surface area contributed by atoms with Crippen LogP contribution >= 0.6 is 31.9 Å². The molecule has 2 aromatic rings. The molecule has 0 unspecified atom stereocenters. The van der Waals surface area contributed by atoms with Gasteiger partial charge in [-0.15, -0.1) is 0 Å². The molecule has 0 heterocycles. The summed E-state index contributed by atoms with van der Waals surface area (Å²) in [5.74, 6) is -1.46. The number of halogens is 4. The molecule has 1 nitrogen and oxygen atoms in total. The first-order valence-corrected chi connectivity index (χ1v) is 7.40. The van der Waals surface area contributed by atoms with Crippen LogP contribution in [0.3, 0.4) is 0 Å². The first-order valence-electron chi connectivity index (χ1n) is 5.49. The molecule has 2 rings (SSSR count). The molecule has 0 aliphatic carbocycles. The number of hydrogen-bond acceptors (Lipinski definition) is 1.